The Bertz CT molecular complexity index is 426. The summed E-state index contributed by atoms with van der Waals surface area (Å²) in [6.45, 7) is 21.4. The molecule has 0 aromatic carbocycles. The van der Waals surface area contributed by atoms with Gasteiger partial charge in [-0.2, -0.15) is 0 Å². The van der Waals surface area contributed by atoms with Gasteiger partial charge in [0.15, 0.2) is 0 Å². The molecule has 0 bridgehead atoms. The summed E-state index contributed by atoms with van der Waals surface area (Å²) >= 11 is -0.556. The van der Waals surface area contributed by atoms with Crippen molar-refractivity contribution in [2.75, 3.05) is 13.1 Å². The fourth-order valence-corrected chi connectivity index (χ4v) is 6.77. The molecule has 190 valence electrons. The van der Waals surface area contributed by atoms with Crippen LogP contribution in [0, 0.1) is 40.9 Å². The van der Waals surface area contributed by atoms with Gasteiger partial charge in [0.2, 0.25) is 0 Å². The fraction of sp³-hybridized carbons (Fsp3) is 1.00. The molecule has 5 heteroatoms. The van der Waals surface area contributed by atoms with Gasteiger partial charge in [-0.25, -0.2) is 0 Å². The second-order valence-corrected chi connectivity index (χ2v) is 14.8. The molecular weight excluding hydrogens is 471 g/mol. The second kappa shape index (κ2) is 16.1. The molecule has 0 aliphatic heterocycles. The molecule has 0 radical (unpaired) electrons. The SMILES string of the molecule is CC(C)CC(C[N-]C1C(C)CCCC1C)(C[N-]C1C(C)CCCC1C)CC(C)C.[Cl][Ti][Cl]. The van der Waals surface area contributed by atoms with E-state index in [-0.39, 0.29) is 5.41 Å². The van der Waals surface area contributed by atoms with Gasteiger partial charge >= 0.3 is 35.6 Å². The minimum absolute atomic E-state index is 0.260. The molecule has 2 fully saturated rings. The Morgan fingerprint density at radius 3 is 1.22 bits per heavy atom. The van der Waals surface area contributed by atoms with E-state index in [1.807, 2.05) is 0 Å². The van der Waals surface area contributed by atoms with Gasteiger partial charge in [0.1, 0.15) is 0 Å². The quantitative estimate of drug-likeness (QED) is 0.255. The molecule has 2 aliphatic carbocycles. The van der Waals surface area contributed by atoms with Crippen LogP contribution in [0.5, 0.6) is 0 Å². The zero-order chi connectivity index (χ0) is 24.3. The van der Waals surface area contributed by atoms with Crippen molar-refractivity contribution >= 4 is 18.6 Å². The number of hydrogen-bond donors (Lipinski definition) is 0. The molecule has 4 unspecified atom stereocenters. The average molecular weight is 524 g/mol. The zero-order valence-electron chi connectivity index (χ0n) is 22.3. The topological polar surface area (TPSA) is 28.2 Å². The van der Waals surface area contributed by atoms with Crippen LogP contribution in [0.25, 0.3) is 10.6 Å². The summed E-state index contributed by atoms with van der Waals surface area (Å²) in [6, 6.07) is 1.13. The van der Waals surface area contributed by atoms with E-state index in [4.69, 9.17) is 29.2 Å². The van der Waals surface area contributed by atoms with Crippen molar-refractivity contribution in [3.05, 3.63) is 10.6 Å². The third-order valence-corrected chi connectivity index (χ3v) is 7.93. The predicted octanol–water partition coefficient (Wildman–Crippen LogP) is 9.84. The molecule has 2 saturated carbocycles. The van der Waals surface area contributed by atoms with Crippen LogP contribution in [0.4, 0.5) is 0 Å². The van der Waals surface area contributed by atoms with Gasteiger partial charge in [0.25, 0.3) is 0 Å². The second-order valence-electron chi connectivity index (χ2n) is 12.2. The summed E-state index contributed by atoms with van der Waals surface area (Å²) < 4.78 is 0. The molecule has 2 aliphatic rings. The van der Waals surface area contributed by atoms with Crippen LogP contribution < -0.4 is 0 Å². The number of halogens is 2. The third-order valence-electron chi connectivity index (χ3n) is 7.93. The van der Waals surface area contributed by atoms with Gasteiger partial charge in [-0.3, -0.25) is 0 Å². The van der Waals surface area contributed by atoms with Gasteiger partial charge < -0.3 is 10.6 Å². The van der Waals surface area contributed by atoms with E-state index >= 15 is 0 Å². The Kier molecular flexibility index (Phi) is 15.7. The van der Waals surface area contributed by atoms with Crippen LogP contribution in [-0.2, 0) is 17.0 Å². The first kappa shape index (κ1) is 31.2. The van der Waals surface area contributed by atoms with Gasteiger partial charge in [-0.15, -0.1) is 25.2 Å². The molecule has 2 rings (SSSR count). The zero-order valence-corrected chi connectivity index (χ0v) is 25.4. The summed E-state index contributed by atoms with van der Waals surface area (Å²) in [6.07, 6.45) is 10.8. The maximum absolute atomic E-state index is 5.47. The summed E-state index contributed by atoms with van der Waals surface area (Å²) in [5.41, 5.74) is 0.260. The van der Waals surface area contributed by atoms with Crippen molar-refractivity contribution in [1.29, 1.82) is 0 Å². The molecule has 0 aromatic heterocycles. The Morgan fingerprint density at radius 2 is 0.969 bits per heavy atom. The van der Waals surface area contributed by atoms with Gasteiger partial charge in [0.05, 0.1) is 0 Å². The minimum atomic E-state index is -0.556. The number of hydrogen-bond acceptors (Lipinski definition) is 0. The van der Waals surface area contributed by atoms with E-state index in [2.05, 4.69) is 55.4 Å². The molecule has 4 atom stereocenters. The molecule has 0 N–H and O–H groups in total. The fourth-order valence-electron chi connectivity index (χ4n) is 6.77. The van der Waals surface area contributed by atoms with E-state index < -0.39 is 17.0 Å². The van der Waals surface area contributed by atoms with Crippen LogP contribution in [0.3, 0.4) is 0 Å². The van der Waals surface area contributed by atoms with Gasteiger partial charge in [-0.1, -0.05) is 123 Å². The first-order chi connectivity index (χ1) is 15.0. The standard InChI is InChI=1S/C27H52N2.2ClH.Ti/c1-19(2)15-27(16-20(3)4,17-28-25-21(5)11-9-12-22(25)6)18-29-26-23(7)13-10-14-24(26)8;;;/h19-26H,9-18H2,1-8H3;2*1H;/q-2;;;+2/p-2. The maximum atomic E-state index is 5.47. The Labute approximate surface area is 218 Å². The predicted molar refractivity (Wildman–Crippen MR) is 141 cm³/mol. The third kappa shape index (κ3) is 10.9. The Balaban J connectivity index is 0.00000161. The number of nitrogens with zero attached hydrogens (tertiary/aromatic N) is 2. The summed E-state index contributed by atoms with van der Waals surface area (Å²) in [7, 11) is 9.78. The van der Waals surface area contributed by atoms with Crippen LogP contribution in [0.15, 0.2) is 0 Å². The molecule has 32 heavy (non-hydrogen) atoms. The molecule has 0 heterocycles. The van der Waals surface area contributed by atoms with E-state index in [9.17, 15) is 0 Å². The van der Waals surface area contributed by atoms with Crippen LogP contribution in [0.2, 0.25) is 0 Å². The van der Waals surface area contributed by atoms with Crippen molar-refractivity contribution in [2.45, 2.75) is 119 Å². The van der Waals surface area contributed by atoms with E-state index in [0.29, 0.717) is 23.9 Å². The first-order valence-corrected chi connectivity index (χ1v) is 17.6. The van der Waals surface area contributed by atoms with Crippen molar-refractivity contribution in [3.8, 4) is 0 Å². The van der Waals surface area contributed by atoms with Crippen molar-refractivity contribution < 1.29 is 17.0 Å². The van der Waals surface area contributed by atoms with E-state index in [1.165, 1.54) is 51.4 Å². The van der Waals surface area contributed by atoms with Gasteiger partial charge in [-0.05, 0) is 24.7 Å². The number of rotatable bonds is 10. The van der Waals surface area contributed by atoms with E-state index in [0.717, 1.165) is 36.8 Å². The molecular formula is C27H52Cl2N2Ti-2. The first-order valence-electron chi connectivity index (χ1n) is 13.3. The van der Waals surface area contributed by atoms with Crippen molar-refractivity contribution in [3.63, 3.8) is 0 Å². The van der Waals surface area contributed by atoms with Crippen molar-refractivity contribution in [1.82, 2.24) is 0 Å². The van der Waals surface area contributed by atoms with Crippen molar-refractivity contribution in [2.24, 2.45) is 40.9 Å². The summed E-state index contributed by atoms with van der Waals surface area (Å²) in [4.78, 5) is 0. The molecule has 0 spiro atoms. The molecule has 0 amide bonds. The summed E-state index contributed by atoms with van der Waals surface area (Å²) in [5.74, 6) is 4.44. The Hall–Kier alpha value is 1.21. The van der Waals surface area contributed by atoms with E-state index in [1.54, 1.807) is 0 Å². The van der Waals surface area contributed by atoms with Crippen LogP contribution >= 0.6 is 18.6 Å². The van der Waals surface area contributed by atoms with Gasteiger partial charge in [0, 0.05) is 0 Å². The molecule has 0 aromatic rings. The van der Waals surface area contributed by atoms with Crippen LogP contribution in [-0.4, -0.2) is 25.2 Å². The molecule has 2 nitrogen and oxygen atoms in total. The summed E-state index contributed by atoms with van der Waals surface area (Å²) in [5, 5.41) is 10.9. The normalized spacial score (nSPS) is 31.4. The molecule has 0 saturated heterocycles. The van der Waals surface area contributed by atoms with Crippen LogP contribution in [0.1, 0.15) is 107 Å². The monoisotopic (exact) mass is 522 g/mol. The average Bonchev–Trinajstić information content (AvgIpc) is 2.67. The Morgan fingerprint density at radius 1 is 0.688 bits per heavy atom.